The summed E-state index contributed by atoms with van der Waals surface area (Å²) in [6.45, 7) is 3.15. The van der Waals surface area contributed by atoms with Crippen molar-refractivity contribution in [3.63, 3.8) is 0 Å². The number of halogens is 1. The van der Waals surface area contributed by atoms with Gasteiger partial charge in [-0.15, -0.1) is 11.3 Å². The number of nitrogens with one attached hydrogen (secondary N) is 1. The van der Waals surface area contributed by atoms with Gasteiger partial charge in [0.25, 0.3) is 0 Å². The second-order valence-corrected chi connectivity index (χ2v) is 6.34. The Balaban J connectivity index is 1.85. The lowest BCUT2D eigenvalue weighted by molar-refractivity contribution is 0.477. The van der Waals surface area contributed by atoms with Gasteiger partial charge < -0.3 is 5.32 Å². The molecule has 2 rings (SSSR count). The molecule has 0 amide bonds. The van der Waals surface area contributed by atoms with Crippen molar-refractivity contribution in [1.29, 1.82) is 0 Å². The zero-order valence-corrected chi connectivity index (χ0v) is 13.4. The molecular formula is C16H21ClN2S. The van der Waals surface area contributed by atoms with Gasteiger partial charge in [0.2, 0.25) is 0 Å². The van der Waals surface area contributed by atoms with Gasteiger partial charge in [-0.25, -0.2) is 0 Å². The first-order valence-electron chi connectivity index (χ1n) is 7.13. The third kappa shape index (κ3) is 4.89. The first kappa shape index (κ1) is 15.5. The van der Waals surface area contributed by atoms with E-state index in [0.717, 1.165) is 18.0 Å². The molecule has 0 bridgehead atoms. The molecule has 0 aliphatic rings. The highest BCUT2D eigenvalue weighted by atomic mass is 35.5. The van der Waals surface area contributed by atoms with Gasteiger partial charge in [0.1, 0.15) is 0 Å². The average molecular weight is 309 g/mol. The Hall–Kier alpha value is -0.900. The van der Waals surface area contributed by atoms with E-state index in [4.69, 9.17) is 11.6 Å². The van der Waals surface area contributed by atoms with E-state index < -0.39 is 0 Å². The largest absolute Gasteiger partial charge is 0.314 e. The van der Waals surface area contributed by atoms with Gasteiger partial charge in [-0.1, -0.05) is 24.6 Å². The number of hydrogen-bond acceptors (Lipinski definition) is 3. The van der Waals surface area contributed by atoms with Crippen LogP contribution in [0.4, 0.5) is 0 Å². The molecule has 2 nitrogen and oxygen atoms in total. The Kier molecular flexibility index (Phi) is 6.51. The third-order valence-corrected chi connectivity index (χ3v) is 4.65. The van der Waals surface area contributed by atoms with E-state index in [1.807, 2.05) is 23.6 Å². The molecule has 0 saturated heterocycles. The first-order chi connectivity index (χ1) is 9.79. The van der Waals surface area contributed by atoms with Crippen LogP contribution >= 0.6 is 22.9 Å². The van der Waals surface area contributed by atoms with E-state index >= 15 is 0 Å². The maximum atomic E-state index is 6.20. The molecule has 0 aliphatic heterocycles. The van der Waals surface area contributed by atoms with Crippen molar-refractivity contribution in [3.05, 3.63) is 51.4 Å². The highest BCUT2D eigenvalue weighted by molar-refractivity contribution is 7.09. The summed E-state index contributed by atoms with van der Waals surface area (Å²) in [6, 6.07) is 6.84. The predicted molar refractivity (Wildman–Crippen MR) is 87.7 cm³/mol. The second-order valence-electron chi connectivity index (χ2n) is 4.90. The van der Waals surface area contributed by atoms with E-state index in [9.17, 15) is 0 Å². The smallest absolute Gasteiger partial charge is 0.0621 e. The van der Waals surface area contributed by atoms with Crippen molar-refractivity contribution in [2.45, 2.75) is 38.6 Å². The number of rotatable bonds is 8. The highest BCUT2D eigenvalue weighted by Gasteiger charge is 2.10. The van der Waals surface area contributed by atoms with Crippen LogP contribution in [0.3, 0.4) is 0 Å². The van der Waals surface area contributed by atoms with Gasteiger partial charge in [0.05, 0.1) is 5.02 Å². The van der Waals surface area contributed by atoms with Crippen molar-refractivity contribution >= 4 is 22.9 Å². The quantitative estimate of drug-likeness (QED) is 0.784. The topological polar surface area (TPSA) is 24.9 Å². The molecule has 0 aliphatic carbocycles. The number of aromatic nitrogens is 1. The molecule has 0 fully saturated rings. The highest BCUT2D eigenvalue weighted by Crippen LogP contribution is 2.18. The van der Waals surface area contributed by atoms with Crippen molar-refractivity contribution < 1.29 is 0 Å². The summed E-state index contributed by atoms with van der Waals surface area (Å²) in [5, 5.41) is 6.48. The molecule has 0 radical (unpaired) electrons. The fourth-order valence-corrected chi connectivity index (χ4v) is 3.33. The molecule has 1 atom stereocenters. The van der Waals surface area contributed by atoms with E-state index in [-0.39, 0.29) is 0 Å². The summed E-state index contributed by atoms with van der Waals surface area (Å²) in [4.78, 5) is 5.52. The molecule has 2 aromatic rings. The SMILES string of the molecule is CCNC(CCCc1cccs1)Cc1ccncc1Cl. The summed E-state index contributed by atoms with van der Waals surface area (Å²) in [5.74, 6) is 0. The van der Waals surface area contributed by atoms with Crippen LogP contribution in [0, 0.1) is 0 Å². The standard InChI is InChI=1S/C16H21ClN2S/c1-2-19-14(5-3-6-15-7-4-10-20-15)11-13-8-9-18-12-16(13)17/h4,7-10,12,14,19H,2-3,5-6,11H2,1H3. The normalized spacial score (nSPS) is 12.5. The Bertz CT molecular complexity index is 499. The minimum Gasteiger partial charge on any atom is -0.314 e. The Morgan fingerprint density at radius 3 is 3.00 bits per heavy atom. The van der Waals surface area contributed by atoms with Crippen LogP contribution in [0.5, 0.6) is 0 Å². The van der Waals surface area contributed by atoms with Crippen LogP contribution in [-0.4, -0.2) is 17.6 Å². The summed E-state index contributed by atoms with van der Waals surface area (Å²) in [6.07, 6.45) is 8.07. The zero-order valence-electron chi connectivity index (χ0n) is 11.8. The monoisotopic (exact) mass is 308 g/mol. The molecule has 1 unspecified atom stereocenters. The number of likely N-dealkylation sites (N-methyl/N-ethyl adjacent to an activating group) is 1. The lowest BCUT2D eigenvalue weighted by atomic mass is 10.0. The van der Waals surface area contributed by atoms with Crippen molar-refractivity contribution in [2.75, 3.05) is 6.54 Å². The average Bonchev–Trinajstić information content (AvgIpc) is 2.95. The number of nitrogens with zero attached hydrogens (tertiary/aromatic N) is 1. The lowest BCUT2D eigenvalue weighted by Gasteiger charge is -2.18. The lowest BCUT2D eigenvalue weighted by Crippen LogP contribution is -2.31. The van der Waals surface area contributed by atoms with E-state index in [1.165, 1.54) is 29.7 Å². The summed E-state index contributed by atoms with van der Waals surface area (Å²) >= 11 is 8.04. The first-order valence-corrected chi connectivity index (χ1v) is 8.39. The van der Waals surface area contributed by atoms with E-state index in [1.54, 1.807) is 6.20 Å². The maximum Gasteiger partial charge on any atom is 0.0621 e. The molecule has 0 spiro atoms. The van der Waals surface area contributed by atoms with Gasteiger partial charge >= 0.3 is 0 Å². The molecule has 108 valence electrons. The van der Waals surface area contributed by atoms with Crippen LogP contribution in [-0.2, 0) is 12.8 Å². The minimum absolute atomic E-state index is 0.486. The van der Waals surface area contributed by atoms with E-state index in [2.05, 4.69) is 34.7 Å². The fraction of sp³-hybridized carbons (Fsp3) is 0.438. The van der Waals surface area contributed by atoms with Crippen molar-refractivity contribution in [2.24, 2.45) is 0 Å². The minimum atomic E-state index is 0.486. The summed E-state index contributed by atoms with van der Waals surface area (Å²) in [7, 11) is 0. The second kappa shape index (κ2) is 8.40. The fourth-order valence-electron chi connectivity index (χ4n) is 2.38. The predicted octanol–water partition coefficient (Wildman–Crippen LogP) is 4.34. The van der Waals surface area contributed by atoms with Gasteiger partial charge in [0.15, 0.2) is 0 Å². The molecule has 0 saturated carbocycles. The van der Waals surface area contributed by atoms with Crippen molar-refractivity contribution in [1.82, 2.24) is 10.3 Å². The van der Waals surface area contributed by atoms with E-state index in [0.29, 0.717) is 6.04 Å². The Morgan fingerprint density at radius 1 is 1.40 bits per heavy atom. The third-order valence-electron chi connectivity index (χ3n) is 3.37. The van der Waals surface area contributed by atoms with Crippen molar-refractivity contribution in [3.8, 4) is 0 Å². The molecule has 2 aromatic heterocycles. The molecule has 0 aromatic carbocycles. The Labute approximate surface area is 130 Å². The summed E-state index contributed by atoms with van der Waals surface area (Å²) in [5.41, 5.74) is 1.18. The van der Waals surface area contributed by atoms with Gasteiger partial charge in [-0.3, -0.25) is 4.98 Å². The molecule has 2 heterocycles. The molecule has 20 heavy (non-hydrogen) atoms. The van der Waals surface area contributed by atoms with Crippen LogP contribution in [0.15, 0.2) is 36.0 Å². The number of thiophene rings is 1. The maximum absolute atomic E-state index is 6.20. The van der Waals surface area contributed by atoms with Crippen LogP contribution in [0.25, 0.3) is 0 Å². The number of pyridine rings is 1. The molecule has 1 N–H and O–H groups in total. The molecular weight excluding hydrogens is 288 g/mol. The molecule has 4 heteroatoms. The van der Waals surface area contributed by atoms with Gasteiger partial charge in [-0.2, -0.15) is 0 Å². The van der Waals surface area contributed by atoms with Crippen LogP contribution in [0.1, 0.15) is 30.2 Å². The van der Waals surface area contributed by atoms with Crippen LogP contribution < -0.4 is 5.32 Å². The number of hydrogen-bond donors (Lipinski definition) is 1. The van der Waals surface area contributed by atoms with Crippen LogP contribution in [0.2, 0.25) is 5.02 Å². The zero-order chi connectivity index (χ0) is 14.2. The Morgan fingerprint density at radius 2 is 2.30 bits per heavy atom. The van der Waals surface area contributed by atoms with Gasteiger partial charge in [-0.05, 0) is 55.3 Å². The number of aryl methyl sites for hydroxylation is 1. The van der Waals surface area contributed by atoms with Gasteiger partial charge in [0, 0.05) is 23.3 Å². The summed E-state index contributed by atoms with van der Waals surface area (Å²) < 4.78 is 0.